The fourth-order valence-corrected chi connectivity index (χ4v) is 1.63. The van der Waals surface area contributed by atoms with Gasteiger partial charge in [0, 0.05) is 6.04 Å². The molecular formula is C12H15ClN2O. The number of benzene rings is 1. The van der Waals surface area contributed by atoms with Gasteiger partial charge < -0.3 is 10.5 Å². The van der Waals surface area contributed by atoms with Crippen molar-refractivity contribution in [3.8, 4) is 11.8 Å². The Balaban J connectivity index is 3.08. The summed E-state index contributed by atoms with van der Waals surface area (Å²) in [5.41, 5.74) is 6.23. The van der Waals surface area contributed by atoms with Gasteiger partial charge in [0.25, 0.3) is 0 Å². The van der Waals surface area contributed by atoms with Crippen LogP contribution in [0.5, 0.6) is 5.75 Å². The smallest absolute Gasteiger partial charge is 0.137 e. The maximum atomic E-state index is 9.01. The fraction of sp³-hybridized carbons (Fsp3) is 0.417. The van der Waals surface area contributed by atoms with Crippen LogP contribution in [0.4, 0.5) is 0 Å². The highest BCUT2D eigenvalue weighted by atomic mass is 35.5. The van der Waals surface area contributed by atoms with Crippen LogP contribution in [0, 0.1) is 16.7 Å². The van der Waals surface area contributed by atoms with Crippen LogP contribution in [-0.2, 0) is 0 Å². The summed E-state index contributed by atoms with van der Waals surface area (Å²) in [6.07, 6.45) is 0. The lowest BCUT2D eigenvalue weighted by atomic mass is 9.82. The SMILES string of the molecule is COc1ccc(C(N)C(C)(C)C#N)cc1Cl. The molecule has 0 saturated carbocycles. The van der Waals surface area contributed by atoms with Crippen molar-refractivity contribution < 1.29 is 4.74 Å². The van der Waals surface area contributed by atoms with E-state index in [9.17, 15) is 0 Å². The molecule has 0 saturated heterocycles. The minimum atomic E-state index is -0.627. The lowest BCUT2D eigenvalue weighted by Crippen LogP contribution is -2.27. The second kappa shape index (κ2) is 4.73. The number of methoxy groups -OCH3 is 1. The summed E-state index contributed by atoms with van der Waals surface area (Å²) in [5.74, 6) is 0.604. The molecule has 4 heteroatoms. The molecule has 3 nitrogen and oxygen atoms in total. The first kappa shape index (κ1) is 12.8. The lowest BCUT2D eigenvalue weighted by Gasteiger charge is -2.24. The van der Waals surface area contributed by atoms with E-state index in [-0.39, 0.29) is 6.04 Å². The largest absolute Gasteiger partial charge is 0.495 e. The molecule has 0 aliphatic carbocycles. The summed E-state index contributed by atoms with van der Waals surface area (Å²) in [7, 11) is 1.56. The van der Waals surface area contributed by atoms with Crippen LogP contribution >= 0.6 is 11.6 Å². The van der Waals surface area contributed by atoms with E-state index in [1.54, 1.807) is 33.1 Å². The van der Waals surface area contributed by atoms with E-state index in [2.05, 4.69) is 6.07 Å². The number of rotatable bonds is 3. The topological polar surface area (TPSA) is 59.0 Å². The molecular weight excluding hydrogens is 224 g/mol. The minimum Gasteiger partial charge on any atom is -0.495 e. The zero-order valence-electron chi connectivity index (χ0n) is 9.62. The van der Waals surface area contributed by atoms with E-state index in [0.29, 0.717) is 10.8 Å². The predicted molar refractivity (Wildman–Crippen MR) is 64.3 cm³/mol. The molecule has 1 rings (SSSR count). The summed E-state index contributed by atoms with van der Waals surface area (Å²) in [6, 6.07) is 7.14. The first-order valence-electron chi connectivity index (χ1n) is 4.92. The third kappa shape index (κ3) is 2.46. The number of hydrogen-bond donors (Lipinski definition) is 1. The molecule has 0 fully saturated rings. The first-order valence-corrected chi connectivity index (χ1v) is 5.30. The minimum absolute atomic E-state index is 0.374. The molecule has 1 unspecified atom stereocenters. The molecule has 2 N–H and O–H groups in total. The standard InChI is InChI=1S/C12H15ClN2O/c1-12(2,7-14)11(15)8-4-5-10(16-3)9(13)6-8/h4-6,11H,15H2,1-3H3. The molecule has 0 bridgehead atoms. The number of nitrogens with two attached hydrogens (primary N) is 1. The number of hydrogen-bond acceptors (Lipinski definition) is 3. The third-order valence-electron chi connectivity index (χ3n) is 2.60. The van der Waals surface area contributed by atoms with Gasteiger partial charge in [-0.3, -0.25) is 0 Å². The summed E-state index contributed by atoms with van der Waals surface area (Å²) < 4.78 is 5.05. The van der Waals surface area contributed by atoms with Gasteiger partial charge in [-0.15, -0.1) is 0 Å². The monoisotopic (exact) mass is 238 g/mol. The Bertz CT molecular complexity index is 424. The van der Waals surface area contributed by atoms with Gasteiger partial charge in [-0.05, 0) is 31.5 Å². The average Bonchev–Trinajstić information content (AvgIpc) is 2.27. The van der Waals surface area contributed by atoms with Crippen LogP contribution in [-0.4, -0.2) is 7.11 Å². The summed E-state index contributed by atoms with van der Waals surface area (Å²) in [6.45, 7) is 3.60. The van der Waals surface area contributed by atoms with Crippen molar-refractivity contribution >= 4 is 11.6 Å². The van der Waals surface area contributed by atoms with Gasteiger partial charge in [-0.2, -0.15) is 5.26 Å². The maximum Gasteiger partial charge on any atom is 0.137 e. The third-order valence-corrected chi connectivity index (χ3v) is 2.90. The molecule has 1 atom stereocenters. The number of nitrogens with zero attached hydrogens (tertiary/aromatic N) is 1. The van der Waals surface area contributed by atoms with Crippen LogP contribution in [0.15, 0.2) is 18.2 Å². The van der Waals surface area contributed by atoms with Gasteiger partial charge in [0.2, 0.25) is 0 Å². The average molecular weight is 239 g/mol. The van der Waals surface area contributed by atoms with Crippen LogP contribution in [0.2, 0.25) is 5.02 Å². The Kier molecular flexibility index (Phi) is 3.79. The molecule has 0 aromatic heterocycles. The van der Waals surface area contributed by atoms with Gasteiger partial charge in [0.05, 0.1) is 23.6 Å². The van der Waals surface area contributed by atoms with Crippen molar-refractivity contribution in [3.05, 3.63) is 28.8 Å². The second-order valence-corrected chi connectivity index (χ2v) is 4.61. The van der Waals surface area contributed by atoms with Gasteiger partial charge in [-0.25, -0.2) is 0 Å². The van der Waals surface area contributed by atoms with E-state index in [4.69, 9.17) is 27.3 Å². The van der Waals surface area contributed by atoms with Crippen molar-refractivity contribution in [1.82, 2.24) is 0 Å². The van der Waals surface area contributed by atoms with E-state index in [1.807, 2.05) is 6.07 Å². The van der Waals surface area contributed by atoms with Gasteiger partial charge >= 0.3 is 0 Å². The van der Waals surface area contributed by atoms with Crippen LogP contribution < -0.4 is 10.5 Å². The molecule has 0 aliphatic rings. The maximum absolute atomic E-state index is 9.01. The Hall–Kier alpha value is -1.24. The van der Waals surface area contributed by atoms with Gasteiger partial charge in [0.15, 0.2) is 0 Å². The van der Waals surface area contributed by atoms with Crippen LogP contribution in [0.25, 0.3) is 0 Å². The van der Waals surface area contributed by atoms with Crippen LogP contribution in [0.3, 0.4) is 0 Å². The number of nitriles is 1. The molecule has 1 aromatic rings. The van der Waals surface area contributed by atoms with E-state index in [0.717, 1.165) is 5.56 Å². The highest BCUT2D eigenvalue weighted by Gasteiger charge is 2.27. The molecule has 0 aliphatic heterocycles. The summed E-state index contributed by atoms with van der Waals surface area (Å²) in [4.78, 5) is 0. The molecule has 1 aromatic carbocycles. The molecule has 0 amide bonds. The lowest BCUT2D eigenvalue weighted by molar-refractivity contribution is 0.391. The van der Waals surface area contributed by atoms with E-state index >= 15 is 0 Å². The fourth-order valence-electron chi connectivity index (χ4n) is 1.36. The number of halogens is 1. The Morgan fingerprint density at radius 1 is 1.50 bits per heavy atom. The highest BCUT2D eigenvalue weighted by molar-refractivity contribution is 6.32. The molecule has 0 radical (unpaired) electrons. The summed E-state index contributed by atoms with van der Waals surface area (Å²) in [5, 5.41) is 9.51. The van der Waals surface area contributed by atoms with Crippen molar-refractivity contribution in [2.75, 3.05) is 7.11 Å². The second-order valence-electron chi connectivity index (χ2n) is 4.21. The molecule has 16 heavy (non-hydrogen) atoms. The first-order chi connectivity index (χ1) is 7.42. The molecule has 86 valence electrons. The predicted octanol–water partition coefficient (Wildman–Crippen LogP) is 2.90. The van der Waals surface area contributed by atoms with Crippen LogP contribution in [0.1, 0.15) is 25.5 Å². The molecule has 0 heterocycles. The van der Waals surface area contributed by atoms with Crippen molar-refractivity contribution in [1.29, 1.82) is 5.26 Å². The zero-order chi connectivity index (χ0) is 12.3. The Morgan fingerprint density at radius 3 is 2.56 bits per heavy atom. The quantitative estimate of drug-likeness (QED) is 0.881. The van der Waals surface area contributed by atoms with Gasteiger partial charge in [0.1, 0.15) is 5.75 Å². The normalized spacial score (nSPS) is 13.0. The highest BCUT2D eigenvalue weighted by Crippen LogP contribution is 2.34. The Morgan fingerprint density at radius 2 is 2.12 bits per heavy atom. The van der Waals surface area contributed by atoms with Crippen molar-refractivity contribution in [3.63, 3.8) is 0 Å². The van der Waals surface area contributed by atoms with Gasteiger partial charge in [-0.1, -0.05) is 17.7 Å². The molecule has 0 spiro atoms. The Labute approximate surface area is 101 Å². The van der Waals surface area contributed by atoms with E-state index in [1.165, 1.54) is 0 Å². The van der Waals surface area contributed by atoms with E-state index < -0.39 is 5.41 Å². The number of ether oxygens (including phenoxy) is 1. The summed E-state index contributed by atoms with van der Waals surface area (Å²) >= 11 is 6.00. The van der Waals surface area contributed by atoms with Crippen molar-refractivity contribution in [2.45, 2.75) is 19.9 Å². The zero-order valence-corrected chi connectivity index (χ0v) is 10.4. The van der Waals surface area contributed by atoms with Crippen molar-refractivity contribution in [2.24, 2.45) is 11.1 Å².